The average Bonchev–Trinajstić information content (AvgIpc) is 3.28. The molecule has 1 heterocycles. The van der Waals surface area contributed by atoms with E-state index in [0.717, 1.165) is 6.07 Å². The molecule has 0 bridgehead atoms. The van der Waals surface area contributed by atoms with Crippen LogP contribution >= 0.6 is 11.6 Å². The van der Waals surface area contributed by atoms with Gasteiger partial charge >= 0.3 is 5.97 Å². The van der Waals surface area contributed by atoms with Crippen LogP contribution in [0, 0.1) is 5.82 Å². The molecular weight excluding hydrogens is 523 g/mol. The number of aromatic nitrogens is 1. The summed E-state index contributed by atoms with van der Waals surface area (Å²) in [5, 5.41) is 13.2. The largest absolute Gasteiger partial charge is 0.489 e. The molecule has 3 aromatic carbocycles. The quantitative estimate of drug-likeness (QED) is 0.252. The van der Waals surface area contributed by atoms with Crippen LogP contribution in [0.2, 0.25) is 5.02 Å². The topological polar surface area (TPSA) is 119 Å². The van der Waals surface area contributed by atoms with Gasteiger partial charge in [-0.15, -0.1) is 0 Å². The molecule has 0 saturated heterocycles. The Kier molecular flexibility index (Phi) is 7.51. The summed E-state index contributed by atoms with van der Waals surface area (Å²) in [6.07, 6.45) is 0. The fraction of sp³-hybridized carbons (Fsp3) is 0.154. The van der Waals surface area contributed by atoms with Gasteiger partial charge in [-0.25, -0.2) is 17.6 Å². The molecule has 0 unspecified atom stereocenters. The number of carboxylic acids is 1. The Morgan fingerprint density at radius 1 is 1.14 bits per heavy atom. The van der Waals surface area contributed by atoms with E-state index in [1.54, 1.807) is 18.2 Å². The summed E-state index contributed by atoms with van der Waals surface area (Å²) >= 11 is 6.31. The molecule has 8 nitrogen and oxygen atoms in total. The zero-order chi connectivity index (χ0) is 26.7. The molecule has 37 heavy (non-hydrogen) atoms. The highest BCUT2D eigenvalue weighted by Crippen LogP contribution is 2.34. The summed E-state index contributed by atoms with van der Waals surface area (Å²) in [6, 6.07) is 15.5. The average molecular weight is 545 g/mol. The first kappa shape index (κ1) is 26.2. The number of benzene rings is 3. The van der Waals surface area contributed by atoms with Gasteiger partial charge in [-0.2, -0.15) is 0 Å². The maximum atomic E-state index is 14.4. The first-order chi connectivity index (χ1) is 17.6. The smallest absolute Gasteiger partial charge is 0.335 e. The van der Waals surface area contributed by atoms with E-state index in [-0.39, 0.29) is 39.3 Å². The van der Waals surface area contributed by atoms with Gasteiger partial charge in [-0.1, -0.05) is 48.8 Å². The van der Waals surface area contributed by atoms with Crippen molar-refractivity contribution in [3.8, 4) is 17.0 Å². The number of carbonyl (C=O) groups is 1. The van der Waals surface area contributed by atoms with Crippen molar-refractivity contribution >= 4 is 33.3 Å². The summed E-state index contributed by atoms with van der Waals surface area (Å²) in [7, 11) is -4.10. The Hall–Kier alpha value is -3.89. The second kappa shape index (κ2) is 10.6. The Bertz CT molecular complexity index is 1570. The van der Waals surface area contributed by atoms with Gasteiger partial charge in [0.2, 0.25) is 0 Å². The number of rotatable bonds is 9. The highest BCUT2D eigenvalue weighted by atomic mass is 35.5. The molecule has 0 spiro atoms. The molecule has 4 aromatic rings. The summed E-state index contributed by atoms with van der Waals surface area (Å²) < 4.78 is 53.6. The highest BCUT2D eigenvalue weighted by Gasteiger charge is 2.23. The number of nitrogens with one attached hydrogen (secondary N) is 1. The Labute approximate surface area is 217 Å². The molecular formula is C26H22ClFN2O6S. The fourth-order valence-electron chi connectivity index (χ4n) is 3.60. The number of aromatic carboxylic acids is 1. The van der Waals surface area contributed by atoms with Gasteiger partial charge in [0.05, 0.1) is 26.7 Å². The molecule has 11 heteroatoms. The maximum Gasteiger partial charge on any atom is 0.335 e. The molecule has 0 saturated carbocycles. The molecule has 0 atom stereocenters. The van der Waals surface area contributed by atoms with Gasteiger partial charge in [0.15, 0.2) is 0 Å². The van der Waals surface area contributed by atoms with Crippen LogP contribution in [0.5, 0.6) is 5.75 Å². The van der Waals surface area contributed by atoms with Crippen molar-refractivity contribution in [2.24, 2.45) is 0 Å². The minimum absolute atomic E-state index is 0.00403. The summed E-state index contributed by atoms with van der Waals surface area (Å²) in [5.41, 5.74) is 1.11. The molecule has 0 aliphatic heterocycles. The van der Waals surface area contributed by atoms with E-state index in [0.29, 0.717) is 22.8 Å². The summed E-state index contributed by atoms with van der Waals surface area (Å²) in [6.45, 7) is 3.84. The van der Waals surface area contributed by atoms with Crippen LogP contribution in [-0.2, 0) is 16.6 Å². The third-order valence-electron chi connectivity index (χ3n) is 5.43. The van der Waals surface area contributed by atoms with Gasteiger partial charge in [-0.05, 0) is 42.5 Å². The van der Waals surface area contributed by atoms with E-state index in [1.165, 1.54) is 42.5 Å². The van der Waals surface area contributed by atoms with Crippen LogP contribution in [0.15, 0.2) is 76.1 Å². The molecule has 192 valence electrons. The zero-order valence-electron chi connectivity index (χ0n) is 19.7. The second-order valence-electron chi connectivity index (χ2n) is 8.38. The van der Waals surface area contributed by atoms with Crippen LogP contribution in [0.1, 0.15) is 41.4 Å². The Morgan fingerprint density at radius 3 is 2.57 bits per heavy atom. The fourth-order valence-corrected chi connectivity index (χ4v) is 5.00. The third kappa shape index (κ3) is 5.76. The first-order valence-corrected chi connectivity index (χ1v) is 12.9. The predicted octanol–water partition coefficient (Wildman–Crippen LogP) is 6.34. The van der Waals surface area contributed by atoms with Gasteiger partial charge in [0.25, 0.3) is 10.0 Å². The monoisotopic (exact) mass is 544 g/mol. The molecule has 1 aromatic heterocycles. The van der Waals surface area contributed by atoms with Crippen LogP contribution in [0.25, 0.3) is 11.3 Å². The van der Waals surface area contributed by atoms with E-state index in [2.05, 4.69) is 9.88 Å². The molecule has 2 N–H and O–H groups in total. The molecule has 0 aliphatic rings. The lowest BCUT2D eigenvalue weighted by molar-refractivity contribution is 0.0696. The SMILES string of the molecule is CC(C)c1onc(-c2ccccc2F)c1COc1ccc(NS(=O)(=O)c2cccc(C(=O)O)c2)c(Cl)c1. The number of hydrogen-bond donors (Lipinski definition) is 2. The number of ether oxygens (including phenoxy) is 1. The Balaban J connectivity index is 1.55. The van der Waals surface area contributed by atoms with Crippen molar-refractivity contribution in [2.45, 2.75) is 31.3 Å². The second-order valence-corrected chi connectivity index (χ2v) is 10.5. The van der Waals surface area contributed by atoms with E-state index in [1.807, 2.05) is 13.8 Å². The number of anilines is 1. The minimum Gasteiger partial charge on any atom is -0.489 e. The number of carboxylic acid groups (broad SMARTS) is 1. The van der Waals surface area contributed by atoms with Gasteiger partial charge in [-0.3, -0.25) is 4.72 Å². The van der Waals surface area contributed by atoms with Gasteiger partial charge < -0.3 is 14.4 Å². The first-order valence-electron chi connectivity index (χ1n) is 11.1. The lowest BCUT2D eigenvalue weighted by Crippen LogP contribution is -2.14. The predicted molar refractivity (Wildman–Crippen MR) is 136 cm³/mol. The number of hydrogen-bond acceptors (Lipinski definition) is 6. The normalized spacial score (nSPS) is 11.5. The molecule has 0 radical (unpaired) electrons. The van der Waals surface area contributed by atoms with Crippen molar-refractivity contribution in [1.82, 2.24) is 5.16 Å². The van der Waals surface area contributed by atoms with Crippen molar-refractivity contribution in [2.75, 3.05) is 4.72 Å². The molecule has 4 rings (SSSR count). The zero-order valence-corrected chi connectivity index (χ0v) is 21.3. The van der Waals surface area contributed by atoms with E-state index < -0.39 is 21.8 Å². The number of sulfonamides is 1. The lowest BCUT2D eigenvalue weighted by atomic mass is 10.0. The van der Waals surface area contributed by atoms with E-state index >= 15 is 0 Å². The lowest BCUT2D eigenvalue weighted by Gasteiger charge is -2.13. The van der Waals surface area contributed by atoms with Crippen molar-refractivity contribution in [1.29, 1.82) is 0 Å². The Morgan fingerprint density at radius 2 is 1.89 bits per heavy atom. The number of nitrogens with zero attached hydrogens (tertiary/aromatic N) is 1. The van der Waals surface area contributed by atoms with Crippen LogP contribution in [0.3, 0.4) is 0 Å². The molecule has 0 fully saturated rings. The van der Waals surface area contributed by atoms with Gasteiger partial charge in [0.1, 0.15) is 29.6 Å². The summed E-state index contributed by atoms with van der Waals surface area (Å²) in [4.78, 5) is 11.0. The molecule has 0 aliphatic carbocycles. The van der Waals surface area contributed by atoms with E-state index in [4.69, 9.17) is 26.0 Å². The van der Waals surface area contributed by atoms with E-state index in [9.17, 15) is 17.6 Å². The van der Waals surface area contributed by atoms with Crippen LogP contribution in [0.4, 0.5) is 10.1 Å². The van der Waals surface area contributed by atoms with Crippen molar-refractivity contribution in [3.63, 3.8) is 0 Å². The third-order valence-corrected chi connectivity index (χ3v) is 7.11. The molecule has 0 amide bonds. The number of halogens is 2. The minimum atomic E-state index is -4.10. The standard InChI is InChI=1S/C26H22ClFN2O6S/c1-15(2)25-20(24(29-36-25)19-8-3-4-9-22(19)28)14-35-17-10-11-23(21(27)13-17)30-37(33,34)18-7-5-6-16(12-18)26(31)32/h3-13,15,30H,14H2,1-2H3,(H,31,32). The van der Waals surface area contributed by atoms with Gasteiger partial charge in [0, 0.05) is 17.5 Å². The summed E-state index contributed by atoms with van der Waals surface area (Å²) in [5.74, 6) is -0.843. The van der Waals surface area contributed by atoms with Crippen LogP contribution in [-0.4, -0.2) is 24.7 Å². The highest BCUT2D eigenvalue weighted by molar-refractivity contribution is 7.92. The maximum absolute atomic E-state index is 14.4. The van der Waals surface area contributed by atoms with Crippen molar-refractivity contribution in [3.05, 3.63) is 94.5 Å². The van der Waals surface area contributed by atoms with Crippen LogP contribution < -0.4 is 9.46 Å². The van der Waals surface area contributed by atoms with Crippen molar-refractivity contribution < 1.29 is 32.0 Å².